The fraction of sp³-hybridized carbons (Fsp3) is 0.600. The van der Waals surface area contributed by atoms with Crippen LogP contribution in [0.15, 0.2) is 18.2 Å². The van der Waals surface area contributed by atoms with Gasteiger partial charge in [0, 0.05) is 38.5 Å². The van der Waals surface area contributed by atoms with Crippen molar-refractivity contribution in [2.45, 2.75) is 25.8 Å². The lowest BCUT2D eigenvalue weighted by Gasteiger charge is -2.33. The van der Waals surface area contributed by atoms with Crippen molar-refractivity contribution in [1.82, 2.24) is 4.90 Å². The van der Waals surface area contributed by atoms with Crippen LogP contribution in [0.5, 0.6) is 0 Å². The lowest BCUT2D eigenvalue weighted by Crippen LogP contribution is -2.36. The maximum atomic E-state index is 5.88. The van der Waals surface area contributed by atoms with Gasteiger partial charge in [0.1, 0.15) is 0 Å². The molecule has 18 heavy (non-hydrogen) atoms. The van der Waals surface area contributed by atoms with E-state index < -0.39 is 0 Å². The molecule has 1 saturated heterocycles. The quantitative estimate of drug-likeness (QED) is 0.812. The van der Waals surface area contributed by atoms with Gasteiger partial charge >= 0.3 is 0 Å². The summed E-state index contributed by atoms with van der Waals surface area (Å²) in [5, 5.41) is 0. The molecule has 3 heteroatoms. The Bertz CT molecular complexity index is 413. The van der Waals surface area contributed by atoms with Gasteiger partial charge in [-0.2, -0.15) is 0 Å². The van der Waals surface area contributed by atoms with E-state index in [1.165, 1.54) is 43.5 Å². The Morgan fingerprint density at radius 3 is 2.89 bits per heavy atom. The molecule has 2 aliphatic rings. The minimum atomic E-state index is 0.821. The Balaban J connectivity index is 1.63. The van der Waals surface area contributed by atoms with Gasteiger partial charge in [-0.25, -0.2) is 0 Å². The van der Waals surface area contributed by atoms with Crippen LogP contribution in [0.25, 0.3) is 0 Å². The second kappa shape index (κ2) is 5.29. The highest BCUT2D eigenvalue weighted by Crippen LogP contribution is 2.24. The number of nitrogen functional groups attached to an aromatic ring is 1. The molecule has 0 amide bonds. The van der Waals surface area contributed by atoms with Gasteiger partial charge in [0.2, 0.25) is 0 Å². The first-order valence-corrected chi connectivity index (χ1v) is 6.98. The molecular formula is C15H22N2O. The Morgan fingerprint density at radius 2 is 2.06 bits per heavy atom. The van der Waals surface area contributed by atoms with Gasteiger partial charge in [0.05, 0.1) is 0 Å². The average Bonchev–Trinajstić information content (AvgIpc) is 2.39. The van der Waals surface area contributed by atoms with Gasteiger partial charge < -0.3 is 10.5 Å². The fourth-order valence-electron chi connectivity index (χ4n) is 3.09. The van der Waals surface area contributed by atoms with Crippen molar-refractivity contribution in [3.05, 3.63) is 29.3 Å². The van der Waals surface area contributed by atoms with Crippen molar-refractivity contribution in [2.75, 3.05) is 32.0 Å². The molecule has 98 valence electrons. The summed E-state index contributed by atoms with van der Waals surface area (Å²) in [4.78, 5) is 2.58. The molecule has 0 radical (unpaired) electrons. The molecule has 2 aliphatic heterocycles. The number of hydrogen-bond donors (Lipinski definition) is 1. The molecule has 0 atom stereocenters. The minimum Gasteiger partial charge on any atom is -0.399 e. The van der Waals surface area contributed by atoms with E-state index in [4.69, 9.17) is 10.5 Å². The normalized spacial score (nSPS) is 21.8. The van der Waals surface area contributed by atoms with Crippen molar-refractivity contribution < 1.29 is 4.74 Å². The summed E-state index contributed by atoms with van der Waals surface area (Å²) in [6.07, 6.45) is 3.61. The van der Waals surface area contributed by atoms with E-state index in [1.807, 2.05) is 6.07 Å². The van der Waals surface area contributed by atoms with Crippen molar-refractivity contribution in [1.29, 1.82) is 0 Å². The van der Waals surface area contributed by atoms with Crippen LogP contribution < -0.4 is 5.73 Å². The van der Waals surface area contributed by atoms with E-state index in [0.29, 0.717) is 0 Å². The molecule has 1 fully saturated rings. The summed E-state index contributed by atoms with van der Waals surface area (Å²) in [5.41, 5.74) is 9.67. The molecule has 2 heterocycles. The third-order valence-electron chi connectivity index (χ3n) is 4.18. The van der Waals surface area contributed by atoms with E-state index in [2.05, 4.69) is 17.0 Å². The summed E-state index contributed by atoms with van der Waals surface area (Å²) < 4.78 is 5.43. The number of benzene rings is 1. The third kappa shape index (κ3) is 2.68. The van der Waals surface area contributed by atoms with Crippen LogP contribution in [0.3, 0.4) is 0 Å². The molecular weight excluding hydrogens is 224 g/mol. The monoisotopic (exact) mass is 246 g/mol. The standard InChI is InChI=1S/C15H22N2O/c16-15-2-1-13-3-6-17(11-14(13)9-15)10-12-4-7-18-8-5-12/h1-2,9,12H,3-8,10-11,16H2. The highest BCUT2D eigenvalue weighted by molar-refractivity contribution is 5.45. The van der Waals surface area contributed by atoms with Crippen molar-refractivity contribution in [3.63, 3.8) is 0 Å². The Hall–Kier alpha value is -1.06. The first-order chi connectivity index (χ1) is 8.81. The van der Waals surface area contributed by atoms with Crippen molar-refractivity contribution >= 4 is 5.69 Å². The molecule has 0 saturated carbocycles. The van der Waals surface area contributed by atoms with E-state index in [9.17, 15) is 0 Å². The molecule has 0 bridgehead atoms. The van der Waals surface area contributed by atoms with E-state index in [0.717, 1.165) is 31.4 Å². The first-order valence-electron chi connectivity index (χ1n) is 6.98. The molecule has 1 aromatic rings. The second-order valence-corrected chi connectivity index (χ2v) is 5.57. The largest absolute Gasteiger partial charge is 0.399 e. The first kappa shape index (κ1) is 12.0. The zero-order valence-electron chi connectivity index (χ0n) is 10.9. The van der Waals surface area contributed by atoms with E-state index >= 15 is 0 Å². The van der Waals surface area contributed by atoms with Gasteiger partial charge in [-0.15, -0.1) is 0 Å². The lowest BCUT2D eigenvalue weighted by molar-refractivity contribution is 0.0506. The van der Waals surface area contributed by atoms with Crippen molar-refractivity contribution in [2.24, 2.45) is 5.92 Å². The van der Waals surface area contributed by atoms with Crippen LogP contribution in [0, 0.1) is 5.92 Å². The zero-order chi connectivity index (χ0) is 12.4. The summed E-state index contributed by atoms with van der Waals surface area (Å²) in [5.74, 6) is 0.821. The van der Waals surface area contributed by atoms with Gasteiger partial charge in [-0.05, 0) is 48.4 Å². The van der Waals surface area contributed by atoms with E-state index in [-0.39, 0.29) is 0 Å². The van der Waals surface area contributed by atoms with Gasteiger partial charge in [0.15, 0.2) is 0 Å². The van der Waals surface area contributed by atoms with Crippen LogP contribution in [-0.4, -0.2) is 31.2 Å². The molecule has 3 nitrogen and oxygen atoms in total. The Labute approximate surface area is 109 Å². The molecule has 3 rings (SSSR count). The van der Waals surface area contributed by atoms with Gasteiger partial charge in [-0.3, -0.25) is 4.90 Å². The van der Waals surface area contributed by atoms with Crippen LogP contribution in [0.2, 0.25) is 0 Å². The molecule has 2 N–H and O–H groups in total. The topological polar surface area (TPSA) is 38.5 Å². The molecule has 0 unspecified atom stereocenters. The summed E-state index contributed by atoms with van der Waals surface area (Å²) in [6, 6.07) is 6.36. The van der Waals surface area contributed by atoms with Gasteiger partial charge in [-0.1, -0.05) is 6.07 Å². The molecule has 0 spiro atoms. The number of nitrogens with zero attached hydrogens (tertiary/aromatic N) is 1. The van der Waals surface area contributed by atoms with Crippen molar-refractivity contribution in [3.8, 4) is 0 Å². The van der Waals surface area contributed by atoms with E-state index in [1.54, 1.807) is 0 Å². The molecule has 0 aromatic heterocycles. The third-order valence-corrected chi connectivity index (χ3v) is 4.18. The number of ether oxygens (including phenoxy) is 1. The number of anilines is 1. The number of hydrogen-bond acceptors (Lipinski definition) is 3. The number of fused-ring (bicyclic) bond motifs is 1. The number of rotatable bonds is 2. The van der Waals surface area contributed by atoms with Crippen LogP contribution in [-0.2, 0) is 17.7 Å². The zero-order valence-corrected chi connectivity index (χ0v) is 10.9. The Morgan fingerprint density at radius 1 is 1.22 bits per heavy atom. The average molecular weight is 246 g/mol. The molecule has 0 aliphatic carbocycles. The fourth-order valence-corrected chi connectivity index (χ4v) is 3.09. The van der Waals surface area contributed by atoms with Crippen LogP contribution in [0.1, 0.15) is 24.0 Å². The predicted octanol–water partition coefficient (Wildman–Crippen LogP) is 2.05. The Kier molecular flexibility index (Phi) is 3.52. The summed E-state index contributed by atoms with van der Waals surface area (Å²) >= 11 is 0. The smallest absolute Gasteiger partial charge is 0.0469 e. The molecule has 1 aromatic carbocycles. The maximum absolute atomic E-state index is 5.88. The minimum absolute atomic E-state index is 0.821. The summed E-state index contributed by atoms with van der Waals surface area (Å²) in [6.45, 7) is 5.37. The van der Waals surface area contributed by atoms with Gasteiger partial charge in [0.25, 0.3) is 0 Å². The predicted molar refractivity (Wildman–Crippen MR) is 73.4 cm³/mol. The lowest BCUT2D eigenvalue weighted by atomic mass is 9.95. The number of nitrogens with two attached hydrogens (primary N) is 1. The van der Waals surface area contributed by atoms with Crippen LogP contribution in [0.4, 0.5) is 5.69 Å². The summed E-state index contributed by atoms with van der Waals surface area (Å²) in [7, 11) is 0. The highest BCUT2D eigenvalue weighted by Gasteiger charge is 2.21. The SMILES string of the molecule is Nc1ccc2c(c1)CN(CC1CCOCC1)CC2. The maximum Gasteiger partial charge on any atom is 0.0469 e. The highest BCUT2D eigenvalue weighted by atomic mass is 16.5. The second-order valence-electron chi connectivity index (χ2n) is 5.57. The van der Waals surface area contributed by atoms with Crippen LogP contribution >= 0.6 is 0 Å².